The Labute approximate surface area is 160 Å². The first-order chi connectivity index (χ1) is 12.1. The van der Waals surface area contributed by atoms with E-state index in [4.69, 9.17) is 9.84 Å². The van der Waals surface area contributed by atoms with Crippen molar-refractivity contribution >= 4 is 11.9 Å². The number of carbonyl (C=O) groups is 2. The highest BCUT2D eigenvalue weighted by molar-refractivity contribution is 5.71. The van der Waals surface area contributed by atoms with Crippen molar-refractivity contribution in [1.82, 2.24) is 0 Å². The van der Waals surface area contributed by atoms with Crippen LogP contribution in [0.4, 0.5) is 0 Å². The van der Waals surface area contributed by atoms with Crippen molar-refractivity contribution in [3.63, 3.8) is 0 Å². The van der Waals surface area contributed by atoms with Gasteiger partial charge in [0.25, 0.3) is 0 Å². The predicted octanol–water partition coefficient (Wildman–Crippen LogP) is 4.64. The van der Waals surface area contributed by atoms with E-state index in [1.54, 1.807) is 0 Å². The molecule has 0 amide bonds. The quantitative estimate of drug-likeness (QED) is 0.244. The highest BCUT2D eigenvalue weighted by Gasteiger charge is 2.24. The molecule has 0 saturated heterocycles. The van der Waals surface area contributed by atoms with Crippen LogP contribution in [0.1, 0.15) is 84.5 Å². The average molecular weight is 373 g/mol. The molecule has 5 nitrogen and oxygen atoms in total. The molecule has 0 bridgehead atoms. The van der Waals surface area contributed by atoms with E-state index in [1.165, 1.54) is 38.5 Å². The minimum Gasteiger partial charge on any atom is -0.481 e. The molecule has 154 valence electrons. The Kier molecular flexibility index (Phi) is 13.4. The van der Waals surface area contributed by atoms with Crippen LogP contribution in [-0.4, -0.2) is 55.3 Å². The van der Waals surface area contributed by atoms with E-state index < -0.39 is 12.1 Å². The van der Waals surface area contributed by atoms with Crippen LogP contribution >= 0.6 is 0 Å². The van der Waals surface area contributed by atoms with Gasteiger partial charge in [0.05, 0.1) is 27.6 Å². The first-order valence-electron chi connectivity index (χ1n) is 10.4. The number of unbranched alkanes of at least 4 members (excludes halogenated alkanes) is 6. The highest BCUT2D eigenvalue weighted by Crippen LogP contribution is 2.15. The minimum absolute atomic E-state index is 0.127. The Morgan fingerprint density at radius 2 is 1.50 bits per heavy atom. The van der Waals surface area contributed by atoms with Gasteiger partial charge in [-0.3, -0.25) is 9.59 Å². The second-order valence-corrected chi connectivity index (χ2v) is 8.71. The molecule has 0 heterocycles. The van der Waals surface area contributed by atoms with Gasteiger partial charge in [-0.15, -0.1) is 0 Å². The largest absolute Gasteiger partial charge is 0.481 e. The third-order valence-corrected chi connectivity index (χ3v) is 4.73. The second kappa shape index (κ2) is 14.0. The third kappa shape index (κ3) is 16.4. The molecular weight excluding hydrogens is 330 g/mol. The molecule has 0 aromatic rings. The third-order valence-electron chi connectivity index (χ3n) is 4.73. The lowest BCUT2D eigenvalue weighted by Gasteiger charge is -2.28. The van der Waals surface area contributed by atoms with E-state index in [-0.39, 0.29) is 12.4 Å². The first-order valence-corrected chi connectivity index (χ1v) is 10.4. The topological polar surface area (TPSA) is 63.6 Å². The lowest BCUT2D eigenvalue weighted by Crippen LogP contribution is -2.43. The maximum absolute atomic E-state index is 12.0. The lowest BCUT2D eigenvalue weighted by atomic mass is 10.00. The van der Waals surface area contributed by atoms with Gasteiger partial charge in [0, 0.05) is 6.42 Å². The van der Waals surface area contributed by atoms with Crippen molar-refractivity contribution in [3.05, 3.63) is 0 Å². The number of carbonyl (C=O) groups excluding carboxylic acids is 1. The molecule has 0 rings (SSSR count). The molecule has 0 aromatic carbocycles. The van der Waals surface area contributed by atoms with E-state index >= 15 is 0 Å². The van der Waals surface area contributed by atoms with Crippen LogP contribution in [0.2, 0.25) is 0 Å². The van der Waals surface area contributed by atoms with E-state index in [1.807, 2.05) is 21.1 Å². The number of esters is 1. The molecule has 2 unspecified atom stereocenters. The highest BCUT2D eigenvalue weighted by atomic mass is 16.5. The van der Waals surface area contributed by atoms with E-state index in [0.29, 0.717) is 17.4 Å². The van der Waals surface area contributed by atoms with Crippen LogP contribution in [-0.2, 0) is 14.3 Å². The van der Waals surface area contributed by atoms with Gasteiger partial charge in [-0.05, 0) is 12.3 Å². The summed E-state index contributed by atoms with van der Waals surface area (Å²) in [5.41, 5.74) is 0. The Bertz CT molecular complexity index is 390. The first kappa shape index (κ1) is 24.9. The summed E-state index contributed by atoms with van der Waals surface area (Å²) in [6, 6.07) is 0. The predicted molar refractivity (Wildman–Crippen MR) is 106 cm³/mol. The molecule has 0 aliphatic carbocycles. The van der Waals surface area contributed by atoms with Crippen molar-refractivity contribution in [1.29, 1.82) is 0 Å². The van der Waals surface area contributed by atoms with Crippen molar-refractivity contribution < 1.29 is 23.9 Å². The van der Waals surface area contributed by atoms with Crippen molar-refractivity contribution in [2.45, 2.75) is 90.6 Å². The van der Waals surface area contributed by atoms with E-state index in [2.05, 4.69) is 13.8 Å². The summed E-state index contributed by atoms with van der Waals surface area (Å²) in [6.07, 6.45) is 10.5. The van der Waals surface area contributed by atoms with Crippen molar-refractivity contribution in [2.24, 2.45) is 5.92 Å². The monoisotopic (exact) mass is 372 g/mol. The zero-order valence-corrected chi connectivity index (χ0v) is 17.8. The van der Waals surface area contributed by atoms with Crippen LogP contribution in [0.25, 0.3) is 0 Å². The average Bonchev–Trinajstić information content (AvgIpc) is 2.50. The summed E-state index contributed by atoms with van der Waals surface area (Å²) in [5.74, 6) is -0.342. The molecule has 5 heteroatoms. The summed E-state index contributed by atoms with van der Waals surface area (Å²) in [6.45, 7) is 5.08. The summed E-state index contributed by atoms with van der Waals surface area (Å²) in [7, 11) is 5.89. The molecule has 0 aromatic heterocycles. The van der Waals surface area contributed by atoms with Gasteiger partial charge in [-0.25, -0.2) is 0 Å². The number of carboxylic acid groups (broad SMARTS) is 1. The second-order valence-electron chi connectivity index (χ2n) is 8.71. The SMILES string of the molecule is CCC(C)CCCCCCCCCC(=O)OC(CC(=O)O)C[N+](C)(C)C. The Morgan fingerprint density at radius 1 is 0.962 bits per heavy atom. The minimum atomic E-state index is -0.926. The van der Waals surface area contributed by atoms with Crippen LogP contribution in [0.15, 0.2) is 0 Å². The number of nitrogens with zero attached hydrogens (tertiary/aromatic N) is 1. The molecule has 0 saturated carbocycles. The standard InChI is InChI=1S/C21H41NO4/c1-6-18(2)14-12-10-8-7-9-11-13-15-21(25)26-19(16-20(23)24)17-22(3,4)5/h18-19H,6-17H2,1-5H3/p+1. The molecule has 0 fully saturated rings. The number of hydrogen-bond acceptors (Lipinski definition) is 3. The molecule has 0 aliphatic heterocycles. The van der Waals surface area contributed by atoms with Crippen LogP contribution in [0.5, 0.6) is 0 Å². The van der Waals surface area contributed by atoms with Gasteiger partial charge in [0.15, 0.2) is 6.10 Å². The van der Waals surface area contributed by atoms with Gasteiger partial charge >= 0.3 is 11.9 Å². The molecule has 26 heavy (non-hydrogen) atoms. The Balaban J connectivity index is 3.78. The number of ether oxygens (including phenoxy) is 1. The summed E-state index contributed by atoms with van der Waals surface area (Å²) in [4.78, 5) is 22.9. The zero-order chi connectivity index (χ0) is 20.0. The van der Waals surface area contributed by atoms with Crippen LogP contribution < -0.4 is 0 Å². The van der Waals surface area contributed by atoms with E-state index in [9.17, 15) is 9.59 Å². The van der Waals surface area contributed by atoms with Gasteiger partial charge in [0.2, 0.25) is 0 Å². The smallest absolute Gasteiger partial charge is 0.307 e. The fourth-order valence-corrected chi connectivity index (χ4v) is 3.04. The van der Waals surface area contributed by atoms with Gasteiger partial charge in [0.1, 0.15) is 6.54 Å². The Hall–Kier alpha value is -1.10. The maximum Gasteiger partial charge on any atom is 0.307 e. The van der Waals surface area contributed by atoms with Crippen molar-refractivity contribution in [2.75, 3.05) is 27.7 Å². The summed E-state index contributed by atoms with van der Waals surface area (Å²) < 4.78 is 5.97. The molecular formula is C21H42NO4+. The normalized spacial score (nSPS) is 14.0. The molecule has 0 radical (unpaired) electrons. The van der Waals surface area contributed by atoms with Crippen molar-refractivity contribution in [3.8, 4) is 0 Å². The summed E-state index contributed by atoms with van der Waals surface area (Å²) >= 11 is 0. The molecule has 2 atom stereocenters. The number of rotatable bonds is 16. The zero-order valence-electron chi connectivity index (χ0n) is 17.8. The number of aliphatic carboxylic acids is 1. The van der Waals surface area contributed by atoms with E-state index in [0.717, 1.165) is 25.2 Å². The molecule has 1 N–H and O–H groups in total. The number of likely N-dealkylation sites (N-methyl/N-ethyl adjacent to an activating group) is 1. The Morgan fingerprint density at radius 3 is 2.00 bits per heavy atom. The number of quaternary nitrogens is 1. The van der Waals surface area contributed by atoms with Gasteiger partial charge in [-0.1, -0.05) is 65.2 Å². The van der Waals surface area contributed by atoms with Gasteiger partial charge < -0.3 is 14.3 Å². The fourth-order valence-electron chi connectivity index (χ4n) is 3.04. The maximum atomic E-state index is 12.0. The number of hydrogen-bond donors (Lipinski definition) is 1. The molecule has 0 spiro atoms. The molecule has 0 aliphatic rings. The summed E-state index contributed by atoms with van der Waals surface area (Å²) in [5, 5.41) is 8.97. The number of carboxylic acids is 1. The van der Waals surface area contributed by atoms with Crippen LogP contribution in [0.3, 0.4) is 0 Å². The lowest BCUT2D eigenvalue weighted by molar-refractivity contribution is -0.873. The van der Waals surface area contributed by atoms with Gasteiger partial charge in [-0.2, -0.15) is 0 Å². The van der Waals surface area contributed by atoms with Crippen LogP contribution in [0, 0.1) is 5.92 Å². The fraction of sp³-hybridized carbons (Fsp3) is 0.905.